The zero-order valence-electron chi connectivity index (χ0n) is 19.8. The number of carbonyl (C=O) groups excluding carboxylic acids is 2. The second-order valence-electron chi connectivity index (χ2n) is 8.33. The summed E-state index contributed by atoms with van der Waals surface area (Å²) in [7, 11) is -3.72. The topological polar surface area (TPSA) is 123 Å². The van der Waals surface area contributed by atoms with Crippen LogP contribution in [0.25, 0.3) is 0 Å². The molecule has 0 saturated carbocycles. The number of alkyl halides is 3. The largest absolute Gasteiger partial charge is 0.416 e. The van der Waals surface area contributed by atoms with Crippen molar-refractivity contribution in [2.75, 3.05) is 26.2 Å². The maximum absolute atomic E-state index is 13.0. The summed E-state index contributed by atoms with van der Waals surface area (Å²) in [6.07, 6.45) is -0.914. The molecular formula is C23H26F4IN5O4S. The van der Waals surface area contributed by atoms with Crippen molar-refractivity contribution in [2.45, 2.75) is 30.6 Å². The molecule has 0 atom stereocenters. The zero-order chi connectivity index (χ0) is 27.2. The van der Waals surface area contributed by atoms with E-state index in [1.165, 1.54) is 22.6 Å². The van der Waals surface area contributed by atoms with Crippen molar-refractivity contribution >= 4 is 46.3 Å². The van der Waals surface area contributed by atoms with Gasteiger partial charge in [-0.15, -0.1) is 24.0 Å². The molecule has 2 amide bonds. The van der Waals surface area contributed by atoms with E-state index in [0.717, 1.165) is 25.0 Å². The molecule has 2 saturated heterocycles. The number of likely N-dealkylation sites (tertiary alicyclic amines) is 1. The maximum Gasteiger partial charge on any atom is 0.416 e. The van der Waals surface area contributed by atoms with Crippen LogP contribution in [0.15, 0.2) is 41.6 Å². The van der Waals surface area contributed by atoms with Crippen LogP contribution in [0.1, 0.15) is 35.8 Å². The standard InChI is InChI=1S/C14H16N4O3S.C9H7F4NO.HI.H2/c15-8-11-9-18(10-11)22(20,21)13-7-12(3-4-16-13)14(19)17-5-1-2-6-17;10-8-3-7(9(11,12)13)2-1-6(8)4-14-5-15;;/h3-4,7,11H,1-2,5-6,9-10H2;1-3,5H,4H2,(H,14,15);2*1H. The van der Waals surface area contributed by atoms with E-state index in [4.69, 9.17) is 5.26 Å². The number of nitrogens with zero attached hydrogens (tertiary/aromatic N) is 4. The number of hydrogen-bond acceptors (Lipinski definition) is 6. The summed E-state index contributed by atoms with van der Waals surface area (Å²) in [6, 6.07) is 7.07. The zero-order valence-corrected chi connectivity index (χ0v) is 23.0. The van der Waals surface area contributed by atoms with Crippen LogP contribution in [0.4, 0.5) is 17.6 Å². The van der Waals surface area contributed by atoms with Gasteiger partial charge in [-0.2, -0.15) is 22.7 Å². The number of carbonyl (C=O) groups is 2. The van der Waals surface area contributed by atoms with Gasteiger partial charge in [-0.25, -0.2) is 17.8 Å². The van der Waals surface area contributed by atoms with E-state index in [-0.39, 0.29) is 67.5 Å². The lowest BCUT2D eigenvalue weighted by molar-refractivity contribution is -0.137. The summed E-state index contributed by atoms with van der Waals surface area (Å²) in [5.41, 5.74) is -0.696. The highest BCUT2D eigenvalue weighted by Gasteiger charge is 2.38. The number of pyridine rings is 1. The molecule has 1 aromatic carbocycles. The van der Waals surface area contributed by atoms with Crippen LogP contribution in [0.5, 0.6) is 0 Å². The minimum Gasteiger partial charge on any atom is -0.354 e. The molecule has 0 aliphatic carbocycles. The Hall–Kier alpha value is -2.84. The maximum atomic E-state index is 13.0. The second-order valence-corrected chi connectivity index (χ2v) is 10.2. The Balaban J connectivity index is 0.000000397. The van der Waals surface area contributed by atoms with E-state index in [9.17, 15) is 35.6 Å². The van der Waals surface area contributed by atoms with Crippen molar-refractivity contribution in [3.05, 3.63) is 59.0 Å². The Labute approximate surface area is 235 Å². The van der Waals surface area contributed by atoms with Gasteiger partial charge < -0.3 is 10.2 Å². The third kappa shape index (κ3) is 7.60. The Morgan fingerprint density at radius 1 is 1.21 bits per heavy atom. The van der Waals surface area contributed by atoms with Gasteiger partial charge in [-0.1, -0.05) is 6.07 Å². The van der Waals surface area contributed by atoms with Gasteiger partial charge in [-0.05, 0) is 37.1 Å². The Kier molecular flexibility index (Phi) is 11.0. The lowest BCUT2D eigenvalue weighted by Gasteiger charge is -2.33. The van der Waals surface area contributed by atoms with Crippen molar-refractivity contribution in [1.29, 1.82) is 5.26 Å². The van der Waals surface area contributed by atoms with Gasteiger partial charge in [0.15, 0.2) is 5.03 Å². The molecule has 208 valence electrons. The number of nitriles is 1. The predicted molar refractivity (Wildman–Crippen MR) is 139 cm³/mol. The van der Waals surface area contributed by atoms with Crippen molar-refractivity contribution in [1.82, 2.24) is 19.5 Å². The first-order valence-corrected chi connectivity index (χ1v) is 12.6. The first-order chi connectivity index (χ1) is 17.5. The molecule has 1 aromatic heterocycles. The quantitative estimate of drug-likeness (QED) is 0.286. The van der Waals surface area contributed by atoms with Crippen molar-refractivity contribution in [3.63, 3.8) is 0 Å². The fourth-order valence-corrected chi connectivity index (χ4v) is 5.14. The van der Waals surface area contributed by atoms with Gasteiger partial charge in [0.1, 0.15) is 5.82 Å². The van der Waals surface area contributed by atoms with E-state index in [1.807, 2.05) is 6.07 Å². The van der Waals surface area contributed by atoms with Gasteiger partial charge in [0.2, 0.25) is 6.41 Å². The molecule has 0 bridgehead atoms. The molecule has 1 N–H and O–H groups in total. The molecule has 38 heavy (non-hydrogen) atoms. The van der Waals surface area contributed by atoms with Gasteiger partial charge >= 0.3 is 6.18 Å². The third-order valence-corrected chi connectivity index (χ3v) is 7.50. The number of benzene rings is 1. The van der Waals surface area contributed by atoms with E-state index in [0.29, 0.717) is 31.1 Å². The van der Waals surface area contributed by atoms with Crippen LogP contribution >= 0.6 is 24.0 Å². The van der Waals surface area contributed by atoms with Crippen LogP contribution in [0, 0.1) is 23.1 Å². The summed E-state index contributed by atoms with van der Waals surface area (Å²) < 4.78 is 75.4. The molecule has 3 heterocycles. The number of rotatable bonds is 6. The van der Waals surface area contributed by atoms with Gasteiger partial charge in [0, 0.05) is 51.5 Å². The van der Waals surface area contributed by atoms with Gasteiger partial charge in [0.05, 0.1) is 17.6 Å². The minimum atomic E-state index is -4.56. The third-order valence-electron chi connectivity index (χ3n) is 5.77. The number of amides is 2. The SMILES string of the molecule is I.N#CC1CN(S(=O)(=O)c2cc(C(=O)N3CCCC3)ccn2)C1.O=CNCc1ccc(C(F)(F)F)cc1F.[HH]. The normalized spacial score (nSPS) is 15.8. The molecular weight excluding hydrogens is 645 g/mol. The highest BCUT2D eigenvalue weighted by atomic mass is 127. The van der Waals surface area contributed by atoms with Crippen LogP contribution in [0.2, 0.25) is 0 Å². The number of hydrogen-bond donors (Lipinski definition) is 1. The molecule has 0 unspecified atom stereocenters. The molecule has 2 fully saturated rings. The lowest BCUT2D eigenvalue weighted by Crippen LogP contribution is -2.49. The average molecular weight is 671 g/mol. The van der Waals surface area contributed by atoms with Gasteiger partial charge in [0.25, 0.3) is 15.9 Å². The average Bonchev–Trinajstić information content (AvgIpc) is 3.37. The highest BCUT2D eigenvalue weighted by molar-refractivity contribution is 14.0. The molecule has 2 aliphatic rings. The molecule has 9 nitrogen and oxygen atoms in total. The summed E-state index contributed by atoms with van der Waals surface area (Å²) in [5, 5.41) is 10.8. The summed E-state index contributed by atoms with van der Waals surface area (Å²) >= 11 is 0. The van der Waals surface area contributed by atoms with E-state index in [2.05, 4.69) is 10.3 Å². The van der Waals surface area contributed by atoms with Crippen LogP contribution < -0.4 is 5.32 Å². The van der Waals surface area contributed by atoms with Crippen molar-refractivity contribution in [2.24, 2.45) is 5.92 Å². The molecule has 0 radical (unpaired) electrons. The summed E-state index contributed by atoms with van der Waals surface area (Å²) in [4.78, 5) is 27.8. The molecule has 2 aliphatic heterocycles. The first kappa shape index (κ1) is 31.4. The number of halogens is 5. The smallest absolute Gasteiger partial charge is 0.354 e. The predicted octanol–water partition coefficient (Wildman–Crippen LogP) is 3.42. The molecule has 2 aromatic rings. The lowest BCUT2D eigenvalue weighted by atomic mass is 10.1. The van der Waals surface area contributed by atoms with Crippen LogP contribution in [-0.2, 0) is 27.5 Å². The van der Waals surface area contributed by atoms with Crippen LogP contribution in [0.3, 0.4) is 0 Å². The highest BCUT2D eigenvalue weighted by Crippen LogP contribution is 2.30. The first-order valence-electron chi connectivity index (χ1n) is 11.1. The van der Waals surface area contributed by atoms with Gasteiger partial charge in [-0.3, -0.25) is 9.59 Å². The van der Waals surface area contributed by atoms with E-state index >= 15 is 0 Å². The second kappa shape index (κ2) is 13.3. The van der Waals surface area contributed by atoms with E-state index in [1.54, 1.807) is 4.90 Å². The van der Waals surface area contributed by atoms with Crippen LogP contribution in [-0.4, -0.2) is 61.1 Å². The van der Waals surface area contributed by atoms with Crippen molar-refractivity contribution < 1.29 is 37.0 Å². The Morgan fingerprint density at radius 3 is 2.42 bits per heavy atom. The van der Waals surface area contributed by atoms with Crippen molar-refractivity contribution in [3.8, 4) is 6.07 Å². The Morgan fingerprint density at radius 2 is 1.87 bits per heavy atom. The summed E-state index contributed by atoms with van der Waals surface area (Å²) in [5.74, 6) is -1.40. The number of nitrogens with one attached hydrogen (secondary N) is 1. The monoisotopic (exact) mass is 671 g/mol. The Bertz CT molecular complexity index is 1300. The fourth-order valence-electron chi connectivity index (χ4n) is 3.65. The van der Waals surface area contributed by atoms with E-state index < -0.39 is 27.6 Å². The number of aromatic nitrogens is 1. The minimum absolute atomic E-state index is 0. The summed E-state index contributed by atoms with van der Waals surface area (Å²) in [6.45, 7) is 1.65. The fraction of sp³-hybridized carbons (Fsp3) is 0.391. The number of sulfonamides is 1. The molecule has 4 rings (SSSR count). The molecule has 15 heteroatoms. The molecule has 0 spiro atoms.